The van der Waals surface area contributed by atoms with Gasteiger partial charge in [-0.2, -0.15) is 0 Å². The minimum atomic E-state index is -1.14. The Balaban J connectivity index is 1.98. The van der Waals surface area contributed by atoms with Gasteiger partial charge in [0.2, 0.25) is 5.76 Å². The lowest BCUT2D eigenvalue weighted by Gasteiger charge is -2.03. The number of hydrogen-bond acceptors (Lipinski definition) is 4. The molecule has 2 N–H and O–H groups in total. The highest BCUT2D eigenvalue weighted by Gasteiger charge is 2.10. The SMILES string of the molecule is Cc1cncc(C(=O)NCc2ccc(C(=O)O)o2)c1. The van der Waals surface area contributed by atoms with Crippen LogP contribution in [0.3, 0.4) is 0 Å². The summed E-state index contributed by atoms with van der Waals surface area (Å²) in [6, 6.07) is 4.57. The summed E-state index contributed by atoms with van der Waals surface area (Å²) in [4.78, 5) is 26.3. The van der Waals surface area contributed by atoms with Crippen molar-refractivity contribution in [1.29, 1.82) is 0 Å². The van der Waals surface area contributed by atoms with Gasteiger partial charge in [-0.15, -0.1) is 0 Å². The fraction of sp³-hybridized carbons (Fsp3) is 0.154. The van der Waals surface area contributed by atoms with E-state index < -0.39 is 5.97 Å². The number of aromatic carboxylic acids is 1. The number of carboxylic acid groups (broad SMARTS) is 1. The third kappa shape index (κ3) is 3.19. The van der Waals surface area contributed by atoms with Gasteiger partial charge in [0.25, 0.3) is 5.91 Å². The van der Waals surface area contributed by atoms with Crippen molar-refractivity contribution in [2.24, 2.45) is 0 Å². The molecule has 0 atom stereocenters. The highest BCUT2D eigenvalue weighted by Crippen LogP contribution is 2.08. The fourth-order valence-corrected chi connectivity index (χ4v) is 1.54. The van der Waals surface area contributed by atoms with Crippen LogP contribution < -0.4 is 5.32 Å². The number of carbonyl (C=O) groups is 2. The molecular weight excluding hydrogens is 248 g/mol. The van der Waals surface area contributed by atoms with Gasteiger partial charge in [0.15, 0.2) is 0 Å². The maximum absolute atomic E-state index is 11.8. The van der Waals surface area contributed by atoms with Crippen molar-refractivity contribution in [2.75, 3.05) is 0 Å². The first kappa shape index (κ1) is 12.8. The van der Waals surface area contributed by atoms with Crippen LogP contribution in [-0.2, 0) is 6.54 Å². The lowest BCUT2D eigenvalue weighted by molar-refractivity contribution is 0.0660. The van der Waals surface area contributed by atoms with E-state index in [1.165, 1.54) is 18.3 Å². The molecule has 1 amide bonds. The lowest BCUT2D eigenvalue weighted by Crippen LogP contribution is -2.22. The molecule has 0 radical (unpaired) electrons. The van der Waals surface area contributed by atoms with Gasteiger partial charge in [0.05, 0.1) is 12.1 Å². The van der Waals surface area contributed by atoms with Gasteiger partial charge in [-0.1, -0.05) is 0 Å². The predicted molar refractivity (Wildman–Crippen MR) is 65.8 cm³/mol. The number of nitrogens with one attached hydrogen (secondary N) is 1. The zero-order chi connectivity index (χ0) is 13.8. The highest BCUT2D eigenvalue weighted by molar-refractivity contribution is 5.93. The zero-order valence-electron chi connectivity index (χ0n) is 10.2. The topological polar surface area (TPSA) is 92.4 Å². The average molecular weight is 260 g/mol. The molecule has 19 heavy (non-hydrogen) atoms. The number of aromatic nitrogens is 1. The van der Waals surface area contributed by atoms with E-state index in [9.17, 15) is 9.59 Å². The summed E-state index contributed by atoms with van der Waals surface area (Å²) in [5.74, 6) is -1.20. The minimum absolute atomic E-state index is 0.125. The van der Waals surface area contributed by atoms with Crippen LogP contribution in [0.2, 0.25) is 0 Å². The summed E-state index contributed by atoms with van der Waals surface area (Å²) in [6.07, 6.45) is 3.12. The molecule has 0 saturated carbocycles. The number of rotatable bonds is 4. The first-order valence-electron chi connectivity index (χ1n) is 5.58. The van der Waals surface area contributed by atoms with Crippen LogP contribution in [0.1, 0.15) is 32.2 Å². The van der Waals surface area contributed by atoms with Crippen molar-refractivity contribution < 1.29 is 19.1 Å². The molecule has 0 unspecified atom stereocenters. The Morgan fingerprint density at radius 2 is 2.16 bits per heavy atom. The molecular formula is C13H12N2O4. The smallest absolute Gasteiger partial charge is 0.371 e. The van der Waals surface area contributed by atoms with Crippen LogP contribution in [0.4, 0.5) is 0 Å². The number of pyridine rings is 1. The maximum atomic E-state index is 11.8. The summed E-state index contributed by atoms with van der Waals surface area (Å²) < 4.78 is 5.03. The second kappa shape index (κ2) is 5.34. The molecule has 2 aromatic heterocycles. The third-order valence-electron chi connectivity index (χ3n) is 2.43. The molecule has 0 spiro atoms. The Labute approximate surface area is 109 Å². The molecule has 6 heteroatoms. The van der Waals surface area contributed by atoms with Gasteiger partial charge in [0.1, 0.15) is 5.76 Å². The molecule has 2 heterocycles. The van der Waals surface area contributed by atoms with Gasteiger partial charge < -0.3 is 14.8 Å². The number of furan rings is 1. The Bertz CT molecular complexity index is 619. The maximum Gasteiger partial charge on any atom is 0.371 e. The summed E-state index contributed by atoms with van der Waals surface area (Å²) >= 11 is 0. The molecule has 98 valence electrons. The van der Waals surface area contributed by atoms with Gasteiger partial charge in [-0.05, 0) is 30.7 Å². The van der Waals surface area contributed by atoms with E-state index in [-0.39, 0.29) is 18.2 Å². The largest absolute Gasteiger partial charge is 0.475 e. The van der Waals surface area contributed by atoms with Crippen LogP contribution >= 0.6 is 0 Å². The molecule has 0 aliphatic carbocycles. The Morgan fingerprint density at radius 1 is 1.37 bits per heavy atom. The molecule has 0 fully saturated rings. The van der Waals surface area contributed by atoms with E-state index in [0.717, 1.165) is 5.56 Å². The van der Waals surface area contributed by atoms with E-state index in [1.54, 1.807) is 12.3 Å². The van der Waals surface area contributed by atoms with E-state index in [4.69, 9.17) is 9.52 Å². The van der Waals surface area contributed by atoms with Crippen molar-refractivity contribution >= 4 is 11.9 Å². The number of hydrogen-bond donors (Lipinski definition) is 2. The van der Waals surface area contributed by atoms with Gasteiger partial charge in [-0.25, -0.2) is 4.79 Å². The van der Waals surface area contributed by atoms with Crippen molar-refractivity contribution in [3.8, 4) is 0 Å². The Morgan fingerprint density at radius 3 is 2.79 bits per heavy atom. The lowest BCUT2D eigenvalue weighted by atomic mass is 10.2. The quantitative estimate of drug-likeness (QED) is 0.871. The normalized spacial score (nSPS) is 10.2. The summed E-state index contributed by atoms with van der Waals surface area (Å²) in [5.41, 5.74) is 1.34. The Kier molecular flexibility index (Phi) is 3.61. The van der Waals surface area contributed by atoms with Crippen LogP contribution in [0.5, 0.6) is 0 Å². The molecule has 0 aliphatic rings. The number of carbonyl (C=O) groups excluding carboxylic acids is 1. The summed E-state index contributed by atoms with van der Waals surface area (Å²) in [6.45, 7) is 1.97. The van der Waals surface area contributed by atoms with Gasteiger partial charge in [-0.3, -0.25) is 9.78 Å². The van der Waals surface area contributed by atoms with Crippen molar-refractivity contribution in [1.82, 2.24) is 10.3 Å². The van der Waals surface area contributed by atoms with Crippen molar-refractivity contribution in [3.63, 3.8) is 0 Å². The Hall–Kier alpha value is -2.63. The van der Waals surface area contributed by atoms with E-state index in [0.29, 0.717) is 11.3 Å². The fourth-order valence-electron chi connectivity index (χ4n) is 1.54. The minimum Gasteiger partial charge on any atom is -0.475 e. The molecule has 0 saturated heterocycles. The first-order chi connectivity index (χ1) is 9.06. The molecule has 2 aromatic rings. The van der Waals surface area contributed by atoms with Crippen molar-refractivity contribution in [2.45, 2.75) is 13.5 Å². The third-order valence-corrected chi connectivity index (χ3v) is 2.43. The zero-order valence-corrected chi connectivity index (χ0v) is 10.2. The van der Waals surface area contributed by atoms with Crippen LogP contribution in [0.25, 0.3) is 0 Å². The van der Waals surface area contributed by atoms with Crippen LogP contribution in [0.15, 0.2) is 35.0 Å². The van der Waals surface area contributed by atoms with Crippen LogP contribution in [0, 0.1) is 6.92 Å². The summed E-state index contributed by atoms with van der Waals surface area (Å²) in [5, 5.41) is 11.3. The molecule has 0 aromatic carbocycles. The standard InChI is InChI=1S/C13H12N2O4/c1-8-4-9(6-14-5-8)12(16)15-7-10-2-3-11(19-10)13(17)18/h2-6H,7H2,1H3,(H,15,16)(H,17,18). The second-order valence-electron chi connectivity index (χ2n) is 4.00. The summed E-state index contributed by atoms with van der Waals surface area (Å²) in [7, 11) is 0. The number of amides is 1. The average Bonchev–Trinajstić information content (AvgIpc) is 2.85. The van der Waals surface area contributed by atoms with Crippen molar-refractivity contribution in [3.05, 3.63) is 53.2 Å². The molecule has 0 aliphatic heterocycles. The number of nitrogens with zero attached hydrogens (tertiary/aromatic N) is 1. The van der Waals surface area contributed by atoms with Crippen LogP contribution in [-0.4, -0.2) is 22.0 Å². The second-order valence-corrected chi connectivity index (χ2v) is 4.00. The van der Waals surface area contributed by atoms with E-state index in [2.05, 4.69) is 10.3 Å². The first-order valence-corrected chi connectivity index (χ1v) is 5.58. The molecule has 2 rings (SSSR count). The highest BCUT2D eigenvalue weighted by atomic mass is 16.4. The predicted octanol–water partition coefficient (Wildman–Crippen LogP) is 1.61. The number of aryl methyl sites for hydroxylation is 1. The molecule has 6 nitrogen and oxygen atoms in total. The van der Waals surface area contributed by atoms with E-state index in [1.807, 2.05) is 6.92 Å². The van der Waals surface area contributed by atoms with E-state index >= 15 is 0 Å². The number of carboxylic acids is 1. The van der Waals surface area contributed by atoms with Gasteiger partial charge in [0, 0.05) is 12.4 Å². The molecule has 0 bridgehead atoms. The van der Waals surface area contributed by atoms with Gasteiger partial charge >= 0.3 is 5.97 Å². The monoisotopic (exact) mass is 260 g/mol.